The van der Waals surface area contributed by atoms with E-state index in [1.807, 2.05) is 20.8 Å². The van der Waals surface area contributed by atoms with E-state index >= 15 is 0 Å². The van der Waals surface area contributed by atoms with Gasteiger partial charge in [-0.1, -0.05) is 11.6 Å². The minimum absolute atomic E-state index is 0.0602. The lowest BCUT2D eigenvalue weighted by atomic mass is 10.1. The molecular weight excluding hydrogens is 411 g/mol. The second-order valence-electron chi connectivity index (χ2n) is 6.59. The molecule has 0 aliphatic carbocycles. The molecule has 3 heterocycles. The van der Waals surface area contributed by atoms with E-state index in [1.165, 1.54) is 7.05 Å². The van der Waals surface area contributed by atoms with Crippen molar-refractivity contribution in [3.8, 4) is 0 Å². The average molecular weight is 430 g/mol. The minimum Gasteiger partial charge on any atom is -0.372 e. The molecule has 0 aliphatic heterocycles. The van der Waals surface area contributed by atoms with Crippen molar-refractivity contribution in [1.82, 2.24) is 34.5 Å². The molecule has 9 nitrogen and oxygen atoms in total. The Kier molecular flexibility index (Phi) is 5.39. The summed E-state index contributed by atoms with van der Waals surface area (Å²) in [5, 5.41) is 14.0. The van der Waals surface area contributed by atoms with Gasteiger partial charge in [-0.15, -0.1) is 0 Å². The largest absolute Gasteiger partial charge is 0.421 e. The summed E-state index contributed by atoms with van der Waals surface area (Å²) >= 11 is 6.21. The van der Waals surface area contributed by atoms with Crippen LogP contribution < -0.4 is 10.6 Å². The summed E-state index contributed by atoms with van der Waals surface area (Å²) < 4.78 is 42.2. The number of anilines is 3. The van der Waals surface area contributed by atoms with E-state index in [0.29, 0.717) is 24.3 Å². The van der Waals surface area contributed by atoms with Crippen molar-refractivity contribution in [2.75, 3.05) is 17.7 Å². The van der Waals surface area contributed by atoms with Gasteiger partial charge in [-0.3, -0.25) is 9.36 Å². The van der Waals surface area contributed by atoms with E-state index in [1.54, 1.807) is 21.9 Å². The molecule has 0 atom stereocenters. The maximum Gasteiger partial charge on any atom is 0.421 e. The van der Waals surface area contributed by atoms with Gasteiger partial charge in [-0.05, 0) is 20.8 Å². The second-order valence-corrected chi connectivity index (χ2v) is 6.95. The summed E-state index contributed by atoms with van der Waals surface area (Å²) in [6.45, 7) is 6.35. The van der Waals surface area contributed by atoms with Gasteiger partial charge < -0.3 is 10.6 Å². The monoisotopic (exact) mass is 429 g/mol. The van der Waals surface area contributed by atoms with Crippen molar-refractivity contribution in [3.05, 3.63) is 35.3 Å². The number of nitrogens with one attached hydrogen (secondary N) is 2. The predicted octanol–water partition coefficient (Wildman–Crippen LogP) is 3.53. The molecule has 3 rings (SSSR count). The quantitative estimate of drug-likeness (QED) is 0.618. The first kappa shape index (κ1) is 20.8. The highest BCUT2D eigenvalue weighted by atomic mass is 35.5. The number of nitrogens with zero attached hydrogens (tertiary/aromatic N) is 7. The molecule has 0 bridgehead atoms. The van der Waals surface area contributed by atoms with Crippen LogP contribution in [-0.2, 0) is 18.3 Å². The molecule has 13 heteroatoms. The van der Waals surface area contributed by atoms with E-state index in [0.717, 1.165) is 0 Å². The molecule has 29 heavy (non-hydrogen) atoms. The molecule has 0 aliphatic rings. The van der Waals surface area contributed by atoms with Crippen molar-refractivity contribution in [3.63, 3.8) is 0 Å². The zero-order valence-corrected chi connectivity index (χ0v) is 16.8. The third-order valence-corrected chi connectivity index (χ3v) is 4.51. The molecule has 3 aromatic heterocycles. The lowest BCUT2D eigenvalue weighted by Crippen LogP contribution is -2.30. The SMILES string of the molecule is CCn1cnc(C(C)(C)n2cc(Nc3ncc(C(F)(F)F)c(NC)n3)c(Cl)n2)n1. The summed E-state index contributed by atoms with van der Waals surface area (Å²) in [6, 6.07) is 0. The van der Waals surface area contributed by atoms with Crippen LogP contribution in [0.5, 0.6) is 0 Å². The number of hydrogen-bond acceptors (Lipinski definition) is 7. The molecule has 0 saturated carbocycles. The standard InChI is InChI=1S/C16H19ClF3N9/c1-5-28-8-23-13(27-28)15(2,3)29-7-10(11(17)26-29)24-14-22-6-9(16(18,19)20)12(21-4)25-14/h6-8H,5H2,1-4H3,(H2,21,22,24,25). The number of aryl methyl sites for hydroxylation is 1. The van der Waals surface area contributed by atoms with Gasteiger partial charge in [-0.2, -0.15) is 28.4 Å². The fraction of sp³-hybridized carbons (Fsp3) is 0.438. The van der Waals surface area contributed by atoms with Crippen LogP contribution in [0, 0.1) is 0 Å². The number of alkyl halides is 3. The third kappa shape index (κ3) is 4.11. The first-order valence-electron chi connectivity index (χ1n) is 8.60. The molecule has 0 spiro atoms. The van der Waals surface area contributed by atoms with Crippen LogP contribution in [0.15, 0.2) is 18.7 Å². The highest BCUT2D eigenvalue weighted by Gasteiger charge is 2.35. The Hall–Kier alpha value is -2.89. The molecule has 0 fully saturated rings. The molecule has 0 saturated heterocycles. The predicted molar refractivity (Wildman–Crippen MR) is 101 cm³/mol. The number of rotatable bonds is 6. The minimum atomic E-state index is -4.57. The molecule has 156 valence electrons. The van der Waals surface area contributed by atoms with Crippen LogP contribution in [-0.4, -0.2) is 41.6 Å². The Morgan fingerprint density at radius 1 is 1.17 bits per heavy atom. The van der Waals surface area contributed by atoms with Crippen LogP contribution in [0.25, 0.3) is 0 Å². The molecule has 0 radical (unpaired) electrons. The lowest BCUT2D eigenvalue weighted by Gasteiger charge is -2.21. The zero-order valence-electron chi connectivity index (χ0n) is 16.1. The maximum absolute atomic E-state index is 13.0. The summed E-state index contributed by atoms with van der Waals surface area (Å²) in [4.78, 5) is 11.9. The van der Waals surface area contributed by atoms with Gasteiger partial charge >= 0.3 is 6.18 Å². The van der Waals surface area contributed by atoms with Gasteiger partial charge in [0.05, 0.1) is 11.9 Å². The third-order valence-electron chi connectivity index (χ3n) is 4.23. The average Bonchev–Trinajstić information content (AvgIpc) is 3.28. The van der Waals surface area contributed by atoms with Crippen molar-refractivity contribution < 1.29 is 13.2 Å². The molecule has 0 amide bonds. The Morgan fingerprint density at radius 3 is 2.48 bits per heavy atom. The molecule has 0 aromatic carbocycles. The Balaban J connectivity index is 1.89. The summed E-state index contributed by atoms with van der Waals surface area (Å²) in [7, 11) is 1.34. The van der Waals surface area contributed by atoms with Gasteiger partial charge in [0.1, 0.15) is 23.2 Å². The second kappa shape index (κ2) is 7.50. The Bertz CT molecular complexity index is 1010. The van der Waals surface area contributed by atoms with Crippen molar-refractivity contribution >= 4 is 29.1 Å². The number of halogens is 4. The van der Waals surface area contributed by atoms with E-state index in [9.17, 15) is 13.2 Å². The normalized spacial score (nSPS) is 12.3. The Labute approximate surface area is 169 Å². The Morgan fingerprint density at radius 2 is 1.90 bits per heavy atom. The van der Waals surface area contributed by atoms with Crippen molar-refractivity contribution in [2.24, 2.45) is 0 Å². The van der Waals surface area contributed by atoms with Gasteiger partial charge in [0.15, 0.2) is 11.0 Å². The van der Waals surface area contributed by atoms with E-state index in [-0.39, 0.29) is 16.9 Å². The first-order chi connectivity index (χ1) is 13.6. The van der Waals surface area contributed by atoms with E-state index in [2.05, 4.69) is 35.8 Å². The lowest BCUT2D eigenvalue weighted by molar-refractivity contribution is -0.137. The first-order valence-corrected chi connectivity index (χ1v) is 8.98. The maximum atomic E-state index is 13.0. The van der Waals surface area contributed by atoms with Gasteiger partial charge in [0, 0.05) is 19.8 Å². The zero-order chi connectivity index (χ0) is 21.4. The topological polar surface area (TPSA) is 98.4 Å². The van der Waals surface area contributed by atoms with Crippen LogP contribution in [0.1, 0.15) is 32.2 Å². The van der Waals surface area contributed by atoms with Crippen molar-refractivity contribution in [2.45, 2.75) is 39.0 Å². The fourth-order valence-electron chi connectivity index (χ4n) is 2.51. The van der Waals surface area contributed by atoms with Gasteiger partial charge in [-0.25, -0.2) is 9.97 Å². The molecule has 2 N–H and O–H groups in total. The van der Waals surface area contributed by atoms with Crippen molar-refractivity contribution in [1.29, 1.82) is 0 Å². The molecule has 0 unspecified atom stereocenters. The van der Waals surface area contributed by atoms with Crippen LogP contribution in [0.3, 0.4) is 0 Å². The number of aromatic nitrogens is 7. The van der Waals surface area contributed by atoms with Crippen LogP contribution in [0.2, 0.25) is 5.15 Å². The summed E-state index contributed by atoms with van der Waals surface area (Å²) in [5.41, 5.74) is -1.36. The van der Waals surface area contributed by atoms with E-state index in [4.69, 9.17) is 11.6 Å². The van der Waals surface area contributed by atoms with E-state index < -0.39 is 17.3 Å². The van der Waals surface area contributed by atoms with Crippen LogP contribution in [0.4, 0.5) is 30.6 Å². The number of hydrogen-bond donors (Lipinski definition) is 2. The smallest absolute Gasteiger partial charge is 0.372 e. The van der Waals surface area contributed by atoms with Gasteiger partial charge in [0.2, 0.25) is 5.95 Å². The summed E-state index contributed by atoms with van der Waals surface area (Å²) in [5.74, 6) is 0.122. The molecular formula is C16H19ClF3N9. The van der Waals surface area contributed by atoms with Gasteiger partial charge in [0.25, 0.3) is 0 Å². The highest BCUT2D eigenvalue weighted by Crippen LogP contribution is 2.34. The summed E-state index contributed by atoms with van der Waals surface area (Å²) in [6.07, 6.45) is -0.658. The molecule has 3 aromatic rings. The van der Waals surface area contributed by atoms with Crippen LogP contribution >= 0.6 is 11.6 Å². The highest BCUT2D eigenvalue weighted by molar-refractivity contribution is 6.32. The fourth-order valence-corrected chi connectivity index (χ4v) is 2.69.